The number of hydrogen-bond acceptors (Lipinski definition) is 4. The minimum atomic E-state index is -1.14. The van der Waals surface area contributed by atoms with Crippen LogP contribution in [0.15, 0.2) is 30.5 Å². The first-order valence-corrected chi connectivity index (χ1v) is 5.66. The van der Waals surface area contributed by atoms with E-state index in [4.69, 9.17) is 5.11 Å². The Morgan fingerprint density at radius 1 is 1.20 bits per heavy atom. The topological polar surface area (TPSA) is 124 Å². The summed E-state index contributed by atoms with van der Waals surface area (Å²) in [6.07, 6.45) is 1.61. The number of hydrogen-bond donors (Lipinski definition) is 4. The molecule has 0 bridgehead atoms. The van der Waals surface area contributed by atoms with E-state index in [-0.39, 0.29) is 17.4 Å². The van der Waals surface area contributed by atoms with E-state index in [2.05, 4.69) is 25.7 Å². The standard InChI is InChI=1S/C12H9N5O3/c18-11(14-10-4-9(12(19)20)16-17-10)6-1-2-8-7(3-6)5-13-15-8/h1-5H,(H,13,15)(H,19,20)(H2,14,16,17,18). The molecule has 3 rings (SSSR count). The van der Waals surface area contributed by atoms with E-state index in [9.17, 15) is 9.59 Å². The van der Waals surface area contributed by atoms with Gasteiger partial charge in [0.05, 0.1) is 11.7 Å². The molecule has 0 radical (unpaired) electrons. The maximum Gasteiger partial charge on any atom is 0.353 e. The van der Waals surface area contributed by atoms with Gasteiger partial charge in [-0.25, -0.2) is 4.79 Å². The molecule has 100 valence electrons. The third-order valence-electron chi connectivity index (χ3n) is 2.75. The average Bonchev–Trinajstić information content (AvgIpc) is 3.05. The second-order valence-electron chi connectivity index (χ2n) is 4.10. The van der Waals surface area contributed by atoms with Gasteiger partial charge in [-0.15, -0.1) is 0 Å². The second-order valence-corrected chi connectivity index (χ2v) is 4.10. The van der Waals surface area contributed by atoms with Gasteiger partial charge in [-0.05, 0) is 18.2 Å². The number of aromatic amines is 2. The molecule has 0 saturated carbocycles. The highest BCUT2D eigenvalue weighted by molar-refractivity contribution is 6.06. The van der Waals surface area contributed by atoms with Crippen LogP contribution in [0.25, 0.3) is 10.9 Å². The highest BCUT2D eigenvalue weighted by Gasteiger charge is 2.12. The number of benzene rings is 1. The maximum atomic E-state index is 12.0. The Hall–Kier alpha value is -3.16. The van der Waals surface area contributed by atoms with Crippen molar-refractivity contribution in [1.82, 2.24) is 20.4 Å². The summed E-state index contributed by atoms with van der Waals surface area (Å²) in [6.45, 7) is 0. The molecule has 1 aromatic carbocycles. The van der Waals surface area contributed by atoms with E-state index in [0.717, 1.165) is 10.9 Å². The van der Waals surface area contributed by atoms with Crippen LogP contribution in [0, 0.1) is 0 Å². The van der Waals surface area contributed by atoms with E-state index in [0.29, 0.717) is 5.56 Å². The Bertz CT molecular complexity index is 804. The fourth-order valence-corrected chi connectivity index (χ4v) is 1.77. The first kappa shape index (κ1) is 11.9. The van der Waals surface area contributed by atoms with Gasteiger partial charge in [0.25, 0.3) is 5.91 Å². The smallest absolute Gasteiger partial charge is 0.353 e. The monoisotopic (exact) mass is 271 g/mol. The molecule has 0 aliphatic heterocycles. The summed E-state index contributed by atoms with van der Waals surface area (Å²) in [5.74, 6) is -1.37. The fourth-order valence-electron chi connectivity index (χ4n) is 1.77. The number of amides is 1. The van der Waals surface area contributed by atoms with Gasteiger partial charge in [0, 0.05) is 17.0 Å². The molecule has 0 spiro atoms. The van der Waals surface area contributed by atoms with Crippen molar-refractivity contribution in [2.45, 2.75) is 0 Å². The number of carboxylic acid groups (broad SMARTS) is 1. The molecule has 2 heterocycles. The lowest BCUT2D eigenvalue weighted by Gasteiger charge is -2.01. The molecule has 4 N–H and O–H groups in total. The van der Waals surface area contributed by atoms with Crippen LogP contribution >= 0.6 is 0 Å². The van der Waals surface area contributed by atoms with Gasteiger partial charge in [-0.3, -0.25) is 15.0 Å². The van der Waals surface area contributed by atoms with Gasteiger partial charge >= 0.3 is 5.97 Å². The number of rotatable bonds is 3. The Labute approximate surface area is 111 Å². The Balaban J connectivity index is 1.82. The van der Waals surface area contributed by atoms with E-state index >= 15 is 0 Å². The third kappa shape index (κ3) is 2.09. The van der Waals surface area contributed by atoms with Crippen LogP contribution in [0.3, 0.4) is 0 Å². The van der Waals surface area contributed by atoms with Gasteiger partial charge in [0.1, 0.15) is 5.69 Å². The molecular weight excluding hydrogens is 262 g/mol. The minimum absolute atomic E-state index is 0.0920. The maximum absolute atomic E-state index is 12.0. The van der Waals surface area contributed by atoms with Crippen molar-refractivity contribution in [3.63, 3.8) is 0 Å². The Morgan fingerprint density at radius 3 is 2.80 bits per heavy atom. The van der Waals surface area contributed by atoms with Crippen molar-refractivity contribution in [3.8, 4) is 0 Å². The molecule has 2 aromatic heterocycles. The predicted octanol–water partition coefficient (Wildman–Crippen LogP) is 1.24. The molecule has 0 aliphatic carbocycles. The molecular formula is C12H9N5O3. The van der Waals surface area contributed by atoms with Crippen LogP contribution in [-0.2, 0) is 0 Å². The molecule has 8 heteroatoms. The molecule has 20 heavy (non-hydrogen) atoms. The SMILES string of the molecule is O=C(Nc1cc(C(=O)O)[nH]n1)c1ccc2[nH]ncc2c1. The van der Waals surface area contributed by atoms with Crippen LogP contribution in [0.5, 0.6) is 0 Å². The van der Waals surface area contributed by atoms with Crippen molar-refractivity contribution in [2.24, 2.45) is 0 Å². The predicted molar refractivity (Wildman–Crippen MR) is 69.6 cm³/mol. The zero-order chi connectivity index (χ0) is 14.1. The number of nitrogens with zero attached hydrogens (tertiary/aromatic N) is 2. The number of fused-ring (bicyclic) bond motifs is 1. The molecule has 0 aliphatic rings. The van der Waals surface area contributed by atoms with E-state index in [1.165, 1.54) is 6.07 Å². The van der Waals surface area contributed by atoms with Gasteiger partial charge < -0.3 is 10.4 Å². The quantitative estimate of drug-likeness (QED) is 0.570. The van der Waals surface area contributed by atoms with Crippen molar-refractivity contribution in [1.29, 1.82) is 0 Å². The summed E-state index contributed by atoms with van der Waals surface area (Å²) >= 11 is 0. The summed E-state index contributed by atoms with van der Waals surface area (Å²) in [4.78, 5) is 22.7. The fraction of sp³-hybridized carbons (Fsp3) is 0. The van der Waals surface area contributed by atoms with Crippen molar-refractivity contribution in [3.05, 3.63) is 41.7 Å². The number of H-pyrrole nitrogens is 2. The highest BCUT2D eigenvalue weighted by atomic mass is 16.4. The van der Waals surface area contributed by atoms with Crippen molar-refractivity contribution in [2.75, 3.05) is 5.32 Å². The van der Waals surface area contributed by atoms with Crippen LogP contribution in [-0.4, -0.2) is 37.4 Å². The Morgan fingerprint density at radius 2 is 2.05 bits per heavy atom. The third-order valence-corrected chi connectivity index (χ3v) is 2.75. The van der Waals surface area contributed by atoms with E-state index in [1.54, 1.807) is 24.4 Å². The first-order valence-electron chi connectivity index (χ1n) is 5.66. The molecule has 3 aromatic rings. The summed E-state index contributed by atoms with van der Waals surface area (Å²) in [6, 6.07) is 6.31. The number of carbonyl (C=O) groups excluding carboxylic acids is 1. The number of aromatic carboxylic acids is 1. The molecule has 0 unspecified atom stereocenters. The Kier molecular flexibility index (Phi) is 2.68. The van der Waals surface area contributed by atoms with E-state index < -0.39 is 5.97 Å². The molecule has 1 amide bonds. The zero-order valence-electron chi connectivity index (χ0n) is 10.0. The lowest BCUT2D eigenvalue weighted by atomic mass is 10.1. The lowest BCUT2D eigenvalue weighted by molar-refractivity contribution is 0.0690. The van der Waals surface area contributed by atoms with E-state index in [1.807, 2.05) is 0 Å². The van der Waals surface area contributed by atoms with Crippen LogP contribution in [0.2, 0.25) is 0 Å². The molecule has 8 nitrogen and oxygen atoms in total. The van der Waals surface area contributed by atoms with Crippen molar-refractivity contribution < 1.29 is 14.7 Å². The first-order chi connectivity index (χ1) is 9.63. The molecule has 0 saturated heterocycles. The van der Waals surface area contributed by atoms with Gasteiger partial charge in [0.15, 0.2) is 5.82 Å². The number of nitrogens with one attached hydrogen (secondary N) is 3. The second kappa shape index (κ2) is 4.50. The van der Waals surface area contributed by atoms with Gasteiger partial charge in [-0.2, -0.15) is 10.2 Å². The van der Waals surface area contributed by atoms with Crippen LogP contribution < -0.4 is 5.32 Å². The summed E-state index contributed by atoms with van der Waals surface area (Å²) in [5, 5.41) is 24.7. The highest BCUT2D eigenvalue weighted by Crippen LogP contribution is 2.14. The van der Waals surface area contributed by atoms with Gasteiger partial charge in [-0.1, -0.05) is 0 Å². The van der Waals surface area contributed by atoms with Crippen LogP contribution in [0.1, 0.15) is 20.8 Å². The zero-order valence-corrected chi connectivity index (χ0v) is 10.0. The minimum Gasteiger partial charge on any atom is -0.477 e. The largest absolute Gasteiger partial charge is 0.477 e. The summed E-state index contributed by atoms with van der Waals surface area (Å²) < 4.78 is 0. The van der Waals surface area contributed by atoms with Gasteiger partial charge in [0.2, 0.25) is 0 Å². The van der Waals surface area contributed by atoms with Crippen molar-refractivity contribution >= 4 is 28.6 Å². The number of carboxylic acids is 1. The molecule has 0 atom stereocenters. The lowest BCUT2D eigenvalue weighted by Crippen LogP contribution is -2.11. The summed E-state index contributed by atoms with van der Waals surface area (Å²) in [7, 11) is 0. The molecule has 0 fully saturated rings. The summed E-state index contributed by atoms with van der Waals surface area (Å²) in [5.41, 5.74) is 1.17. The normalized spacial score (nSPS) is 10.6. The number of carbonyl (C=O) groups is 2. The van der Waals surface area contributed by atoms with Crippen LogP contribution in [0.4, 0.5) is 5.82 Å². The average molecular weight is 271 g/mol. The number of aromatic nitrogens is 4. The number of anilines is 1.